The lowest BCUT2D eigenvalue weighted by Gasteiger charge is -2.07. The quantitative estimate of drug-likeness (QED) is 0.762. The molecule has 0 saturated carbocycles. The number of fused-ring (bicyclic) bond motifs is 1. The van der Waals surface area contributed by atoms with E-state index >= 15 is 0 Å². The molecule has 0 spiro atoms. The highest BCUT2D eigenvalue weighted by molar-refractivity contribution is 5.93. The number of carboxylic acids is 1. The molecule has 0 aliphatic heterocycles. The number of benzene rings is 1. The first-order valence-electron chi connectivity index (χ1n) is 8.02. The van der Waals surface area contributed by atoms with E-state index < -0.39 is 5.97 Å². The van der Waals surface area contributed by atoms with E-state index in [9.17, 15) is 9.59 Å². The average Bonchev–Trinajstić information content (AvgIpc) is 2.63. The molecule has 0 atom stereocenters. The molecule has 0 fully saturated rings. The van der Waals surface area contributed by atoms with E-state index in [0.717, 1.165) is 12.1 Å². The monoisotopic (exact) mass is 335 g/mol. The van der Waals surface area contributed by atoms with Gasteiger partial charge in [-0.3, -0.25) is 9.78 Å². The molecule has 1 N–H and O–H groups in total. The molecule has 2 aromatic heterocycles. The number of hydrogen-bond donors (Lipinski definition) is 1. The molecular formula is C20H17NO4. The number of hydrogen-bond acceptors (Lipinski definition) is 4. The van der Waals surface area contributed by atoms with Crippen LogP contribution in [0.15, 0.2) is 51.8 Å². The zero-order valence-electron chi connectivity index (χ0n) is 13.7. The minimum atomic E-state index is -1.07. The molecule has 0 aliphatic carbocycles. The van der Waals surface area contributed by atoms with Gasteiger partial charge in [0.25, 0.3) is 0 Å². The highest BCUT2D eigenvalue weighted by Gasteiger charge is 2.14. The molecule has 2 heterocycles. The summed E-state index contributed by atoms with van der Waals surface area (Å²) in [4.78, 5) is 28.2. The average molecular weight is 335 g/mol. The Morgan fingerprint density at radius 3 is 2.76 bits per heavy atom. The first-order chi connectivity index (χ1) is 12.1. The van der Waals surface area contributed by atoms with E-state index in [4.69, 9.17) is 9.52 Å². The lowest BCUT2D eigenvalue weighted by molar-refractivity contribution is 0.0697. The maximum atomic E-state index is 12.8. The van der Waals surface area contributed by atoms with Gasteiger partial charge in [0.15, 0.2) is 5.43 Å². The normalized spacial score (nSPS) is 11.2. The summed E-state index contributed by atoms with van der Waals surface area (Å²) in [6, 6.07) is 9.89. The first kappa shape index (κ1) is 16.6. The number of nitrogens with zero attached hydrogens (tertiary/aromatic N) is 1. The van der Waals surface area contributed by atoms with Crippen molar-refractivity contribution < 1.29 is 14.3 Å². The molecule has 0 aliphatic rings. The number of rotatable bonds is 5. The van der Waals surface area contributed by atoms with Gasteiger partial charge in [-0.25, -0.2) is 4.79 Å². The van der Waals surface area contributed by atoms with Crippen molar-refractivity contribution in [2.45, 2.75) is 19.8 Å². The molecule has 0 amide bonds. The third kappa shape index (κ3) is 3.50. The van der Waals surface area contributed by atoms with E-state index in [1.54, 1.807) is 18.3 Å². The predicted molar refractivity (Wildman–Crippen MR) is 96.6 cm³/mol. The Morgan fingerprint density at radius 2 is 2.08 bits per heavy atom. The zero-order valence-corrected chi connectivity index (χ0v) is 13.7. The Bertz CT molecular complexity index is 1000. The third-order valence-corrected chi connectivity index (χ3v) is 3.86. The van der Waals surface area contributed by atoms with E-state index in [2.05, 4.69) is 4.98 Å². The summed E-state index contributed by atoms with van der Waals surface area (Å²) in [5.74, 6) is -0.592. The van der Waals surface area contributed by atoms with Gasteiger partial charge < -0.3 is 9.52 Å². The van der Waals surface area contributed by atoms with Crippen molar-refractivity contribution in [3.05, 3.63) is 75.4 Å². The van der Waals surface area contributed by atoms with Crippen molar-refractivity contribution in [2.24, 2.45) is 0 Å². The van der Waals surface area contributed by atoms with Gasteiger partial charge in [0.1, 0.15) is 11.3 Å². The van der Waals surface area contributed by atoms with Gasteiger partial charge in [-0.05, 0) is 48.9 Å². The maximum Gasteiger partial charge on any atom is 0.335 e. The van der Waals surface area contributed by atoms with Crippen LogP contribution in [0.2, 0.25) is 0 Å². The van der Waals surface area contributed by atoms with Crippen LogP contribution in [0.25, 0.3) is 23.1 Å². The van der Waals surface area contributed by atoms with E-state index in [1.807, 2.05) is 25.1 Å². The Morgan fingerprint density at radius 1 is 1.24 bits per heavy atom. The number of aromatic carboxylic acids is 1. The number of carboxylic acid groups (broad SMARTS) is 1. The van der Waals surface area contributed by atoms with Crippen LogP contribution in [0.3, 0.4) is 0 Å². The van der Waals surface area contributed by atoms with Gasteiger partial charge in [0.05, 0.1) is 16.6 Å². The summed E-state index contributed by atoms with van der Waals surface area (Å²) < 4.78 is 5.88. The van der Waals surface area contributed by atoms with E-state index in [-0.39, 0.29) is 11.0 Å². The molecule has 3 aromatic rings. The van der Waals surface area contributed by atoms with Gasteiger partial charge >= 0.3 is 5.97 Å². The molecule has 5 nitrogen and oxygen atoms in total. The second-order valence-corrected chi connectivity index (χ2v) is 5.63. The van der Waals surface area contributed by atoms with Crippen LogP contribution in [-0.4, -0.2) is 16.1 Å². The van der Waals surface area contributed by atoms with Gasteiger partial charge in [-0.1, -0.05) is 19.4 Å². The van der Waals surface area contributed by atoms with Crippen molar-refractivity contribution >= 4 is 29.1 Å². The Hall–Kier alpha value is -3.21. The summed E-state index contributed by atoms with van der Waals surface area (Å²) in [7, 11) is 0. The fourth-order valence-electron chi connectivity index (χ4n) is 2.64. The van der Waals surface area contributed by atoms with Crippen LogP contribution >= 0.6 is 0 Å². The zero-order chi connectivity index (χ0) is 17.8. The van der Waals surface area contributed by atoms with Crippen LogP contribution in [0.4, 0.5) is 0 Å². The predicted octanol–water partition coefficient (Wildman–Crippen LogP) is 4.01. The second kappa shape index (κ2) is 7.13. The minimum absolute atomic E-state index is 0.0685. The van der Waals surface area contributed by atoms with Crippen molar-refractivity contribution in [3.8, 4) is 0 Å². The fraction of sp³-hybridized carbons (Fsp3) is 0.150. The van der Waals surface area contributed by atoms with Gasteiger partial charge in [0, 0.05) is 11.8 Å². The highest BCUT2D eigenvalue weighted by Crippen LogP contribution is 2.20. The molecule has 3 rings (SSSR count). The molecule has 5 heteroatoms. The van der Waals surface area contributed by atoms with Crippen LogP contribution in [0.5, 0.6) is 0 Å². The standard InChI is InChI=1S/C20H17NO4/c1-2-5-15-17(10-8-14-6-3-4-11-21-14)25-18-9-7-13(20(23)24)12-16(18)19(15)22/h3-4,6-12H,2,5H2,1H3,(H,23,24). The second-order valence-electron chi connectivity index (χ2n) is 5.63. The summed E-state index contributed by atoms with van der Waals surface area (Å²) in [5.41, 5.74) is 1.56. The number of carbonyl (C=O) groups is 1. The molecule has 0 bridgehead atoms. The van der Waals surface area contributed by atoms with Crippen molar-refractivity contribution in [3.63, 3.8) is 0 Å². The maximum absolute atomic E-state index is 12.8. The van der Waals surface area contributed by atoms with Crippen molar-refractivity contribution in [1.29, 1.82) is 0 Å². The number of aromatic nitrogens is 1. The SMILES string of the molecule is CCCc1c(C=Cc2ccccn2)oc2ccc(C(=O)O)cc2c1=O. The van der Waals surface area contributed by atoms with E-state index in [1.165, 1.54) is 18.2 Å². The summed E-state index contributed by atoms with van der Waals surface area (Å²) >= 11 is 0. The van der Waals surface area contributed by atoms with Gasteiger partial charge in [-0.15, -0.1) is 0 Å². The fourth-order valence-corrected chi connectivity index (χ4v) is 2.64. The smallest absolute Gasteiger partial charge is 0.335 e. The molecule has 0 saturated heterocycles. The van der Waals surface area contributed by atoms with Crippen molar-refractivity contribution in [2.75, 3.05) is 0 Å². The molecule has 0 unspecified atom stereocenters. The number of pyridine rings is 1. The Balaban J connectivity index is 2.16. The molecule has 126 valence electrons. The highest BCUT2D eigenvalue weighted by atomic mass is 16.4. The Labute approximate surface area is 144 Å². The lowest BCUT2D eigenvalue weighted by Crippen LogP contribution is -2.12. The largest absolute Gasteiger partial charge is 0.478 e. The molecular weight excluding hydrogens is 318 g/mol. The third-order valence-electron chi connectivity index (χ3n) is 3.86. The van der Waals surface area contributed by atoms with E-state index in [0.29, 0.717) is 28.7 Å². The van der Waals surface area contributed by atoms with Crippen LogP contribution < -0.4 is 5.43 Å². The van der Waals surface area contributed by atoms with Crippen molar-refractivity contribution in [1.82, 2.24) is 4.98 Å². The summed E-state index contributed by atoms with van der Waals surface area (Å²) in [6.45, 7) is 1.98. The van der Waals surface area contributed by atoms with Gasteiger partial charge in [-0.2, -0.15) is 0 Å². The summed E-state index contributed by atoms with van der Waals surface area (Å²) in [6.07, 6.45) is 6.54. The molecule has 0 radical (unpaired) electrons. The van der Waals surface area contributed by atoms with Gasteiger partial charge in [0.2, 0.25) is 0 Å². The van der Waals surface area contributed by atoms with Crippen LogP contribution in [-0.2, 0) is 6.42 Å². The molecule has 25 heavy (non-hydrogen) atoms. The first-order valence-corrected chi connectivity index (χ1v) is 8.02. The van der Waals surface area contributed by atoms with Crippen LogP contribution in [0, 0.1) is 0 Å². The minimum Gasteiger partial charge on any atom is -0.478 e. The van der Waals surface area contributed by atoms with Crippen LogP contribution in [0.1, 0.15) is 40.7 Å². The summed E-state index contributed by atoms with van der Waals surface area (Å²) in [5, 5.41) is 9.41. The topological polar surface area (TPSA) is 80.4 Å². The lowest BCUT2D eigenvalue weighted by atomic mass is 10.0. The Kier molecular flexibility index (Phi) is 4.75. The molecule has 1 aromatic carbocycles.